The first-order valence-electron chi connectivity index (χ1n) is 3.49. The van der Waals surface area contributed by atoms with E-state index in [1.807, 2.05) is 0 Å². The highest BCUT2D eigenvalue weighted by molar-refractivity contribution is 8.13. The predicted molar refractivity (Wildman–Crippen MR) is 51.8 cm³/mol. The van der Waals surface area contributed by atoms with Gasteiger partial charge < -0.3 is 14.0 Å². The summed E-state index contributed by atoms with van der Waals surface area (Å²) in [6, 6.07) is 5.10. The summed E-state index contributed by atoms with van der Waals surface area (Å²) in [4.78, 5) is 0.370. The van der Waals surface area contributed by atoms with E-state index in [9.17, 15) is 4.55 Å². The molecule has 0 aliphatic rings. The maximum Gasteiger partial charge on any atom is 0.256 e. The Morgan fingerprint density at radius 2 is 1.69 bits per heavy atom. The van der Waals surface area contributed by atoms with Crippen LogP contribution in [0.25, 0.3) is 0 Å². The maximum atomic E-state index is 11.1. The van der Waals surface area contributed by atoms with Crippen molar-refractivity contribution in [3.63, 3.8) is 0 Å². The molecular weight excluding hydrogens is 212 g/mol. The van der Waals surface area contributed by atoms with Crippen LogP contribution in [0.5, 0.6) is 11.5 Å². The van der Waals surface area contributed by atoms with Gasteiger partial charge in [-0.15, -0.1) is 0 Å². The lowest BCUT2D eigenvalue weighted by molar-refractivity contribution is 0.374. The summed E-state index contributed by atoms with van der Waals surface area (Å²) in [6.45, 7) is 0. The Kier molecular flexibility index (Phi) is 3.71. The molecule has 3 nitrogen and oxygen atoms in total. The molecule has 1 aromatic carbocycles. The van der Waals surface area contributed by atoms with Gasteiger partial charge in [-0.25, -0.2) is 0 Å². The van der Waals surface area contributed by atoms with Gasteiger partial charge in [-0.3, -0.25) is 0 Å². The van der Waals surface area contributed by atoms with Crippen LogP contribution in [-0.2, 0) is 10.4 Å². The molecule has 1 rings (SSSR count). The summed E-state index contributed by atoms with van der Waals surface area (Å²) in [5.74, 6) is 0.931. The second-order valence-corrected chi connectivity index (χ2v) is 3.91. The number of rotatable bonds is 3. The summed E-state index contributed by atoms with van der Waals surface area (Å²) in [5.41, 5.74) is 0. The van der Waals surface area contributed by atoms with Crippen LogP contribution in [0.3, 0.4) is 0 Å². The van der Waals surface area contributed by atoms with Crippen molar-refractivity contribution < 1.29 is 14.0 Å². The topological polar surface area (TPSA) is 41.5 Å². The second-order valence-electron chi connectivity index (χ2n) is 2.22. The van der Waals surface area contributed by atoms with Crippen molar-refractivity contribution in [2.45, 2.75) is 4.90 Å². The number of halogens is 1. The van der Waals surface area contributed by atoms with E-state index in [0.717, 1.165) is 0 Å². The van der Waals surface area contributed by atoms with E-state index in [4.69, 9.17) is 20.2 Å². The van der Waals surface area contributed by atoms with Crippen molar-refractivity contribution in [2.24, 2.45) is 0 Å². The molecule has 5 heteroatoms. The van der Waals surface area contributed by atoms with Crippen molar-refractivity contribution in [3.8, 4) is 11.5 Å². The second kappa shape index (κ2) is 4.60. The normalized spacial score (nSPS) is 12.3. The minimum atomic E-state index is -1.63. The molecule has 0 amide bonds. The van der Waals surface area contributed by atoms with Crippen LogP contribution in [0.15, 0.2) is 23.1 Å². The van der Waals surface area contributed by atoms with Crippen LogP contribution in [0, 0.1) is 0 Å². The average molecular weight is 221 g/mol. The Labute approximate surface area is 84.3 Å². The van der Waals surface area contributed by atoms with Gasteiger partial charge in [0, 0.05) is 0 Å². The monoisotopic (exact) mass is 220 g/mol. The lowest BCUT2D eigenvalue weighted by atomic mass is 10.3. The lowest BCUT2D eigenvalue weighted by Gasteiger charge is -2.09. The molecule has 1 atom stereocenters. The van der Waals surface area contributed by atoms with E-state index in [1.54, 1.807) is 18.2 Å². The number of methoxy groups -OCH3 is 2. The zero-order chi connectivity index (χ0) is 9.84. The third-order valence-electron chi connectivity index (χ3n) is 1.54. The first kappa shape index (κ1) is 10.5. The van der Waals surface area contributed by atoms with E-state index in [1.165, 1.54) is 14.2 Å². The zero-order valence-electron chi connectivity index (χ0n) is 7.24. The summed E-state index contributed by atoms with van der Waals surface area (Å²) in [7, 11) is 6.83. The highest BCUT2D eigenvalue weighted by Gasteiger charge is 2.21. The molecule has 0 saturated carbocycles. The van der Waals surface area contributed by atoms with Crippen LogP contribution in [0.1, 0.15) is 0 Å². The Bertz CT molecular complexity index is 268. The molecule has 0 saturated heterocycles. The van der Waals surface area contributed by atoms with Gasteiger partial charge in [0.05, 0.1) is 14.2 Å². The molecule has 0 aromatic heterocycles. The Morgan fingerprint density at radius 3 is 2.00 bits per heavy atom. The van der Waals surface area contributed by atoms with Gasteiger partial charge in [0.15, 0.2) is 22.2 Å². The van der Waals surface area contributed by atoms with E-state index >= 15 is 0 Å². The van der Waals surface area contributed by atoms with Gasteiger partial charge in [-0.2, -0.15) is 0 Å². The highest BCUT2D eigenvalue weighted by Crippen LogP contribution is 2.34. The largest absolute Gasteiger partial charge is 0.594 e. The fraction of sp³-hybridized carbons (Fsp3) is 0.250. The van der Waals surface area contributed by atoms with Crippen molar-refractivity contribution in [2.75, 3.05) is 14.2 Å². The first-order chi connectivity index (χ1) is 6.20. The maximum absolute atomic E-state index is 11.1. The minimum Gasteiger partial charge on any atom is -0.594 e. The Morgan fingerprint density at radius 1 is 1.23 bits per heavy atom. The number of hydrogen-bond donors (Lipinski definition) is 0. The van der Waals surface area contributed by atoms with Crippen LogP contribution in [0.4, 0.5) is 0 Å². The van der Waals surface area contributed by atoms with Crippen molar-refractivity contribution >= 4 is 21.1 Å². The number of benzene rings is 1. The van der Waals surface area contributed by atoms with Crippen LogP contribution >= 0.6 is 10.7 Å². The molecule has 0 N–H and O–H groups in total. The molecule has 0 aliphatic heterocycles. The zero-order valence-corrected chi connectivity index (χ0v) is 8.82. The van der Waals surface area contributed by atoms with E-state index < -0.39 is 10.4 Å². The third-order valence-corrected chi connectivity index (χ3v) is 2.73. The van der Waals surface area contributed by atoms with Crippen LogP contribution in [0.2, 0.25) is 0 Å². The van der Waals surface area contributed by atoms with E-state index in [0.29, 0.717) is 16.4 Å². The van der Waals surface area contributed by atoms with E-state index in [-0.39, 0.29) is 0 Å². The van der Waals surface area contributed by atoms with Crippen LogP contribution < -0.4 is 9.47 Å². The SMILES string of the molecule is COc1cccc(OC)c1[S+]([O-])Cl. The molecular formula is C8H9ClO3S. The molecule has 0 aliphatic carbocycles. The number of hydrogen-bond acceptors (Lipinski definition) is 3. The Hall–Kier alpha value is -0.580. The molecule has 72 valence electrons. The minimum absolute atomic E-state index is 0.370. The van der Waals surface area contributed by atoms with E-state index in [2.05, 4.69) is 0 Å². The molecule has 0 fully saturated rings. The molecule has 13 heavy (non-hydrogen) atoms. The lowest BCUT2D eigenvalue weighted by Crippen LogP contribution is -1.99. The van der Waals surface area contributed by atoms with Crippen molar-refractivity contribution in [3.05, 3.63) is 18.2 Å². The van der Waals surface area contributed by atoms with Crippen LogP contribution in [-0.4, -0.2) is 18.8 Å². The highest BCUT2D eigenvalue weighted by atomic mass is 35.7. The first-order valence-corrected chi connectivity index (χ1v) is 5.47. The van der Waals surface area contributed by atoms with Gasteiger partial charge >= 0.3 is 0 Å². The molecule has 0 heterocycles. The van der Waals surface area contributed by atoms with Gasteiger partial charge in [0.2, 0.25) is 0 Å². The van der Waals surface area contributed by atoms with Gasteiger partial charge in [0.25, 0.3) is 4.90 Å². The van der Waals surface area contributed by atoms with Crippen molar-refractivity contribution in [1.29, 1.82) is 0 Å². The summed E-state index contributed by atoms with van der Waals surface area (Å²) in [6.07, 6.45) is 0. The fourth-order valence-corrected chi connectivity index (χ4v) is 2.05. The van der Waals surface area contributed by atoms with Crippen molar-refractivity contribution in [1.82, 2.24) is 0 Å². The number of ether oxygens (including phenoxy) is 2. The molecule has 1 unspecified atom stereocenters. The predicted octanol–water partition coefficient (Wildman–Crippen LogP) is 1.97. The van der Waals surface area contributed by atoms with Gasteiger partial charge in [-0.1, -0.05) is 6.07 Å². The fourth-order valence-electron chi connectivity index (χ4n) is 0.975. The Balaban J connectivity index is 3.21. The molecule has 0 bridgehead atoms. The average Bonchev–Trinajstić information content (AvgIpc) is 2.16. The standard InChI is InChI=1S/C8H9ClO3S/c1-11-6-4-3-5-7(12-2)8(6)13(9)10/h3-5H,1-2H3. The smallest absolute Gasteiger partial charge is 0.256 e. The molecule has 0 spiro atoms. The quantitative estimate of drug-likeness (QED) is 0.732. The van der Waals surface area contributed by atoms with Gasteiger partial charge in [0.1, 0.15) is 10.4 Å². The van der Waals surface area contributed by atoms with Gasteiger partial charge in [-0.05, 0) is 12.1 Å². The summed E-state index contributed by atoms with van der Waals surface area (Å²) in [5, 5.41) is 0. The third kappa shape index (κ3) is 2.21. The summed E-state index contributed by atoms with van der Waals surface area (Å²) >= 11 is 0. The summed E-state index contributed by atoms with van der Waals surface area (Å²) < 4.78 is 21.1. The molecule has 1 aromatic rings. The molecule has 0 radical (unpaired) electrons.